The molecule has 3 heterocycles. The zero-order chi connectivity index (χ0) is 20.3. The topological polar surface area (TPSA) is 48.9 Å². The van der Waals surface area contributed by atoms with Crippen LogP contribution >= 0.6 is 0 Å². The van der Waals surface area contributed by atoms with Gasteiger partial charge in [0.15, 0.2) is 0 Å². The van der Waals surface area contributed by atoms with Crippen molar-refractivity contribution < 1.29 is 9.53 Å². The number of hydrogen-bond donors (Lipinski definition) is 0. The number of fused-ring (bicyclic) bond motifs is 1. The molecule has 1 atom stereocenters. The van der Waals surface area contributed by atoms with Gasteiger partial charge in [-0.2, -0.15) is 0 Å². The fourth-order valence-electron chi connectivity index (χ4n) is 4.70. The zero-order valence-electron chi connectivity index (χ0n) is 17.6. The first-order chi connectivity index (χ1) is 14.1. The molecule has 156 valence electrons. The number of likely N-dealkylation sites (tertiary alicyclic amines) is 1. The second-order valence-corrected chi connectivity index (χ2v) is 8.84. The van der Waals surface area contributed by atoms with Crippen LogP contribution in [-0.4, -0.2) is 92.2 Å². The molecule has 0 saturated carbocycles. The Hall–Kier alpha value is -2.02. The predicted octanol–water partition coefficient (Wildman–Crippen LogP) is 2.35. The number of ether oxygens (including phenoxy) is 1. The van der Waals surface area contributed by atoms with Gasteiger partial charge in [-0.05, 0) is 45.1 Å². The molecule has 2 aliphatic heterocycles. The van der Waals surface area contributed by atoms with Crippen LogP contribution in [0.2, 0.25) is 0 Å². The maximum atomic E-state index is 13.5. The van der Waals surface area contributed by atoms with Gasteiger partial charge in [-0.3, -0.25) is 14.7 Å². The molecule has 2 aromatic rings. The van der Waals surface area contributed by atoms with Gasteiger partial charge in [-0.25, -0.2) is 0 Å². The summed E-state index contributed by atoms with van der Waals surface area (Å²) in [4.78, 5) is 24.7. The molecular weight excluding hydrogens is 364 g/mol. The van der Waals surface area contributed by atoms with Gasteiger partial charge >= 0.3 is 0 Å². The maximum absolute atomic E-state index is 13.5. The Morgan fingerprint density at radius 2 is 2.10 bits per heavy atom. The summed E-state index contributed by atoms with van der Waals surface area (Å²) < 4.78 is 6.03. The Labute approximate surface area is 173 Å². The summed E-state index contributed by atoms with van der Waals surface area (Å²) in [5, 5.41) is 0.935. The van der Waals surface area contributed by atoms with Crippen molar-refractivity contribution in [3.63, 3.8) is 0 Å². The summed E-state index contributed by atoms with van der Waals surface area (Å²) in [5.74, 6) is 0.117. The molecule has 0 aliphatic carbocycles. The van der Waals surface area contributed by atoms with E-state index >= 15 is 0 Å². The van der Waals surface area contributed by atoms with Crippen LogP contribution in [0.3, 0.4) is 0 Å². The number of carbonyl (C=O) groups excluding carboxylic acids is 1. The number of amides is 1. The van der Waals surface area contributed by atoms with Crippen molar-refractivity contribution in [2.45, 2.75) is 12.8 Å². The Bertz CT molecular complexity index is 850. The minimum Gasteiger partial charge on any atom is -0.379 e. The summed E-state index contributed by atoms with van der Waals surface area (Å²) in [6, 6.07) is 9.72. The number of nitrogens with zero attached hydrogens (tertiary/aromatic N) is 4. The van der Waals surface area contributed by atoms with Gasteiger partial charge in [-0.1, -0.05) is 12.1 Å². The first kappa shape index (κ1) is 20.3. The van der Waals surface area contributed by atoms with E-state index in [1.54, 1.807) is 6.20 Å². The molecule has 1 aromatic heterocycles. The number of hydrogen-bond acceptors (Lipinski definition) is 5. The average molecular weight is 397 g/mol. The first-order valence-corrected chi connectivity index (χ1v) is 10.6. The van der Waals surface area contributed by atoms with Crippen LogP contribution in [0.25, 0.3) is 10.9 Å². The maximum Gasteiger partial charge on any atom is 0.254 e. The molecule has 6 heteroatoms. The molecule has 0 N–H and O–H groups in total. The highest BCUT2D eigenvalue weighted by Gasteiger charge is 2.40. The average Bonchev–Trinajstić information content (AvgIpc) is 2.93. The van der Waals surface area contributed by atoms with Gasteiger partial charge in [-0.15, -0.1) is 0 Å². The van der Waals surface area contributed by atoms with Gasteiger partial charge in [0, 0.05) is 61.8 Å². The monoisotopic (exact) mass is 396 g/mol. The van der Waals surface area contributed by atoms with E-state index in [0.29, 0.717) is 0 Å². The van der Waals surface area contributed by atoms with Crippen molar-refractivity contribution in [3.05, 3.63) is 42.1 Å². The summed E-state index contributed by atoms with van der Waals surface area (Å²) >= 11 is 0. The Balaban J connectivity index is 1.53. The van der Waals surface area contributed by atoms with Crippen LogP contribution in [0.15, 0.2) is 36.5 Å². The van der Waals surface area contributed by atoms with Gasteiger partial charge in [0.2, 0.25) is 0 Å². The standard InChI is InChI=1S/C23H32N4O2/c1-25(2)12-13-26-14-15-29-18-23(16-26)9-5-11-27(17-23)22(28)20-6-3-8-21-19(20)7-4-10-24-21/h3-4,6-8,10H,5,9,11-18H2,1-2H3. The minimum atomic E-state index is 0.0273. The quantitative estimate of drug-likeness (QED) is 0.794. The van der Waals surface area contributed by atoms with E-state index in [1.165, 1.54) is 0 Å². The van der Waals surface area contributed by atoms with Crippen LogP contribution in [-0.2, 0) is 4.74 Å². The summed E-state index contributed by atoms with van der Waals surface area (Å²) in [5.41, 5.74) is 1.66. The molecule has 1 spiro atoms. The normalized spacial score (nSPS) is 23.6. The molecule has 6 nitrogen and oxygen atoms in total. The lowest BCUT2D eigenvalue weighted by atomic mass is 9.79. The second-order valence-electron chi connectivity index (χ2n) is 8.84. The van der Waals surface area contributed by atoms with Crippen molar-refractivity contribution in [1.82, 2.24) is 19.7 Å². The number of rotatable bonds is 4. The van der Waals surface area contributed by atoms with Crippen LogP contribution in [0.4, 0.5) is 0 Å². The summed E-state index contributed by atoms with van der Waals surface area (Å²) in [6.07, 6.45) is 3.92. The number of piperidine rings is 1. The third-order valence-corrected chi connectivity index (χ3v) is 6.21. The number of likely N-dealkylation sites (N-methyl/N-ethyl adjacent to an activating group) is 1. The number of pyridine rings is 1. The van der Waals surface area contributed by atoms with Gasteiger partial charge < -0.3 is 14.5 Å². The summed E-state index contributed by atoms with van der Waals surface area (Å²) in [7, 11) is 4.23. The lowest BCUT2D eigenvalue weighted by Gasteiger charge is -2.43. The molecule has 1 aromatic carbocycles. The number of carbonyl (C=O) groups is 1. The highest BCUT2D eigenvalue weighted by molar-refractivity contribution is 6.06. The van der Waals surface area contributed by atoms with Crippen LogP contribution < -0.4 is 0 Å². The fraction of sp³-hybridized carbons (Fsp3) is 0.565. The molecule has 4 rings (SSSR count). The van der Waals surface area contributed by atoms with Crippen LogP contribution in [0, 0.1) is 5.41 Å². The highest BCUT2D eigenvalue weighted by Crippen LogP contribution is 2.34. The third-order valence-electron chi connectivity index (χ3n) is 6.21. The lowest BCUT2D eigenvalue weighted by Crippen LogP contribution is -2.52. The van der Waals surface area contributed by atoms with Gasteiger partial charge in [0.25, 0.3) is 5.91 Å². The molecule has 2 saturated heterocycles. The van der Waals surface area contributed by atoms with E-state index in [1.807, 2.05) is 35.2 Å². The second kappa shape index (κ2) is 8.78. The molecular formula is C23H32N4O2. The zero-order valence-corrected chi connectivity index (χ0v) is 17.6. The van der Waals surface area contributed by atoms with Crippen molar-refractivity contribution in [2.75, 3.05) is 66.6 Å². The minimum absolute atomic E-state index is 0.0273. The van der Waals surface area contributed by atoms with Gasteiger partial charge in [0.1, 0.15) is 0 Å². The van der Waals surface area contributed by atoms with E-state index in [9.17, 15) is 4.79 Å². The van der Waals surface area contributed by atoms with Crippen molar-refractivity contribution in [1.29, 1.82) is 0 Å². The predicted molar refractivity (Wildman–Crippen MR) is 115 cm³/mol. The van der Waals surface area contributed by atoms with Crippen molar-refractivity contribution in [3.8, 4) is 0 Å². The molecule has 2 aliphatic rings. The third kappa shape index (κ3) is 4.60. The Morgan fingerprint density at radius 1 is 1.21 bits per heavy atom. The molecule has 2 fully saturated rings. The molecule has 0 radical (unpaired) electrons. The van der Waals surface area contributed by atoms with Gasteiger partial charge in [0.05, 0.1) is 18.7 Å². The first-order valence-electron chi connectivity index (χ1n) is 10.6. The van der Waals surface area contributed by atoms with Crippen molar-refractivity contribution in [2.24, 2.45) is 5.41 Å². The van der Waals surface area contributed by atoms with Crippen molar-refractivity contribution >= 4 is 16.8 Å². The van der Waals surface area contributed by atoms with E-state index in [4.69, 9.17) is 4.74 Å². The highest BCUT2D eigenvalue weighted by atomic mass is 16.5. The van der Waals surface area contributed by atoms with E-state index in [0.717, 1.165) is 81.8 Å². The van der Waals surface area contributed by atoms with Crippen LogP contribution in [0.5, 0.6) is 0 Å². The molecule has 0 bridgehead atoms. The summed E-state index contributed by atoms with van der Waals surface area (Å²) in [6.45, 7) is 7.16. The Morgan fingerprint density at radius 3 is 2.97 bits per heavy atom. The van der Waals surface area contributed by atoms with E-state index in [-0.39, 0.29) is 11.3 Å². The van der Waals surface area contributed by atoms with Crippen LogP contribution in [0.1, 0.15) is 23.2 Å². The molecule has 29 heavy (non-hydrogen) atoms. The smallest absolute Gasteiger partial charge is 0.254 e. The molecule has 1 amide bonds. The SMILES string of the molecule is CN(C)CCN1CCOCC2(CCCN(C(=O)c3cccc4ncccc34)C2)C1. The fourth-order valence-corrected chi connectivity index (χ4v) is 4.70. The molecule has 1 unspecified atom stereocenters. The largest absolute Gasteiger partial charge is 0.379 e. The lowest BCUT2D eigenvalue weighted by molar-refractivity contribution is 0.00725. The van der Waals surface area contributed by atoms with E-state index in [2.05, 4.69) is 28.9 Å². The Kier molecular flexibility index (Phi) is 6.13. The number of aromatic nitrogens is 1. The van der Waals surface area contributed by atoms with E-state index < -0.39 is 0 Å². The number of benzene rings is 1.